The van der Waals surface area contributed by atoms with Gasteiger partial charge in [0.15, 0.2) is 0 Å². The zero-order valence-electron chi connectivity index (χ0n) is 17.7. The minimum Gasteiger partial charge on any atom is -0.465 e. The molecule has 0 saturated carbocycles. The number of alkyl carbamates (subject to hydrolysis) is 1. The number of thiophene rings is 1. The second-order valence-electron chi connectivity index (χ2n) is 7.58. The maximum Gasteiger partial charge on any atom is 0.407 e. The van der Waals surface area contributed by atoms with Gasteiger partial charge in [-0.25, -0.2) is 4.79 Å². The fraction of sp³-hybridized carbons (Fsp3) is 0.250. The molecule has 0 aliphatic heterocycles. The van der Waals surface area contributed by atoms with Gasteiger partial charge in [-0.1, -0.05) is 6.07 Å². The molecule has 3 heterocycles. The zero-order chi connectivity index (χ0) is 23.0. The number of carbonyl (C=O) groups excluding carboxylic acids is 2. The summed E-state index contributed by atoms with van der Waals surface area (Å²) in [6.07, 6.45) is 9.58. The maximum absolute atomic E-state index is 12.3. The Labute approximate surface area is 194 Å². The van der Waals surface area contributed by atoms with Gasteiger partial charge in [0.2, 0.25) is 5.91 Å². The number of furan rings is 1. The summed E-state index contributed by atoms with van der Waals surface area (Å²) in [7, 11) is 0. The van der Waals surface area contributed by atoms with Crippen LogP contribution < -0.4 is 10.6 Å². The molecule has 0 spiro atoms. The molecule has 0 saturated heterocycles. The van der Waals surface area contributed by atoms with E-state index in [1.807, 2.05) is 12.1 Å². The first-order valence-electron chi connectivity index (χ1n) is 10.5. The first-order valence-corrected chi connectivity index (χ1v) is 11.3. The lowest BCUT2D eigenvalue weighted by atomic mass is 9.88. The number of anilines is 1. The van der Waals surface area contributed by atoms with Gasteiger partial charge < -0.3 is 19.8 Å². The van der Waals surface area contributed by atoms with Crippen molar-refractivity contribution in [1.29, 1.82) is 5.26 Å². The van der Waals surface area contributed by atoms with Gasteiger partial charge in [0, 0.05) is 29.9 Å². The van der Waals surface area contributed by atoms with E-state index in [0.29, 0.717) is 42.3 Å². The van der Waals surface area contributed by atoms with E-state index in [1.165, 1.54) is 23.7 Å². The Bertz CT molecular complexity index is 1180. The van der Waals surface area contributed by atoms with Crippen molar-refractivity contribution in [3.63, 3.8) is 0 Å². The van der Waals surface area contributed by atoms with Crippen LogP contribution in [0.5, 0.6) is 0 Å². The Kier molecular flexibility index (Phi) is 7.17. The number of hydrogen-bond donors (Lipinski definition) is 2. The first kappa shape index (κ1) is 22.3. The average Bonchev–Trinajstić information content (AvgIpc) is 3.47. The summed E-state index contributed by atoms with van der Waals surface area (Å²) in [6, 6.07) is 9.40. The number of amides is 2. The summed E-state index contributed by atoms with van der Waals surface area (Å²) in [5.41, 5.74) is 2.39. The van der Waals surface area contributed by atoms with E-state index < -0.39 is 6.09 Å². The molecule has 1 atom stereocenters. The molecule has 2 amide bonds. The number of aromatic nitrogens is 1. The van der Waals surface area contributed by atoms with Crippen LogP contribution in [0.1, 0.15) is 33.7 Å². The molecule has 3 aromatic heterocycles. The van der Waals surface area contributed by atoms with Crippen molar-refractivity contribution in [2.75, 3.05) is 11.9 Å². The molecule has 0 bridgehead atoms. The van der Waals surface area contributed by atoms with Crippen molar-refractivity contribution in [3.05, 3.63) is 76.3 Å². The van der Waals surface area contributed by atoms with Gasteiger partial charge in [0.25, 0.3) is 0 Å². The standard InChI is InChI=1S/C24H22N4O4S/c25-12-20-19-7-5-16(15-32-24(30)27-14-17-3-1-9-26-13-17)11-21(19)33-23(20)28-22(29)8-6-18-4-2-10-31-18/h1-4,6,8-10,13,16H,5,7,11,14-15H2,(H,27,30)(H,28,29). The summed E-state index contributed by atoms with van der Waals surface area (Å²) < 4.78 is 10.6. The van der Waals surface area contributed by atoms with Crippen LogP contribution in [-0.4, -0.2) is 23.6 Å². The summed E-state index contributed by atoms with van der Waals surface area (Å²) >= 11 is 1.41. The topological polar surface area (TPSA) is 117 Å². The second kappa shape index (κ2) is 10.6. The molecule has 168 valence electrons. The normalized spacial score (nSPS) is 14.9. The van der Waals surface area contributed by atoms with E-state index in [2.05, 4.69) is 21.7 Å². The number of nitrogens with one attached hydrogen (secondary N) is 2. The highest BCUT2D eigenvalue weighted by Gasteiger charge is 2.27. The third-order valence-corrected chi connectivity index (χ3v) is 6.44. The van der Waals surface area contributed by atoms with Gasteiger partial charge >= 0.3 is 6.09 Å². The fourth-order valence-electron chi connectivity index (χ4n) is 3.62. The van der Waals surface area contributed by atoms with Crippen molar-refractivity contribution in [3.8, 4) is 6.07 Å². The quantitative estimate of drug-likeness (QED) is 0.506. The number of rotatable bonds is 7. The molecule has 0 aromatic carbocycles. The van der Waals surface area contributed by atoms with Crippen LogP contribution in [-0.2, 0) is 28.9 Å². The molecule has 8 nitrogen and oxygen atoms in total. The predicted molar refractivity (Wildman–Crippen MR) is 123 cm³/mol. The predicted octanol–water partition coefficient (Wildman–Crippen LogP) is 4.29. The Hall–Kier alpha value is -3.90. The largest absolute Gasteiger partial charge is 0.465 e. The Morgan fingerprint density at radius 1 is 1.36 bits per heavy atom. The van der Waals surface area contributed by atoms with Crippen molar-refractivity contribution in [2.24, 2.45) is 5.92 Å². The van der Waals surface area contributed by atoms with Gasteiger partial charge in [0.1, 0.15) is 16.8 Å². The van der Waals surface area contributed by atoms with Crippen molar-refractivity contribution >= 4 is 34.4 Å². The lowest BCUT2D eigenvalue weighted by molar-refractivity contribution is -0.111. The second-order valence-corrected chi connectivity index (χ2v) is 8.69. The van der Waals surface area contributed by atoms with Gasteiger partial charge in [-0.05, 0) is 60.6 Å². The molecular weight excluding hydrogens is 440 g/mol. The molecule has 9 heteroatoms. The van der Waals surface area contributed by atoms with Gasteiger partial charge in [0.05, 0.1) is 18.4 Å². The average molecular weight is 463 g/mol. The van der Waals surface area contributed by atoms with E-state index in [9.17, 15) is 14.9 Å². The summed E-state index contributed by atoms with van der Waals surface area (Å²) in [4.78, 5) is 29.4. The third-order valence-electron chi connectivity index (χ3n) is 5.27. The highest BCUT2D eigenvalue weighted by atomic mass is 32.1. The third kappa shape index (κ3) is 5.87. The monoisotopic (exact) mass is 462 g/mol. The number of fused-ring (bicyclic) bond motifs is 1. The molecule has 2 N–H and O–H groups in total. The van der Waals surface area contributed by atoms with Crippen molar-refractivity contribution in [2.45, 2.75) is 25.8 Å². The number of nitriles is 1. The van der Waals surface area contributed by atoms with Crippen LogP contribution >= 0.6 is 11.3 Å². The summed E-state index contributed by atoms with van der Waals surface area (Å²) in [6.45, 7) is 0.654. The Morgan fingerprint density at radius 2 is 2.27 bits per heavy atom. The Balaban J connectivity index is 1.31. The molecule has 3 aromatic rings. The molecule has 1 aliphatic carbocycles. The van der Waals surface area contributed by atoms with Crippen LogP contribution in [0.25, 0.3) is 6.08 Å². The van der Waals surface area contributed by atoms with Gasteiger partial charge in [-0.2, -0.15) is 5.26 Å². The van der Waals surface area contributed by atoms with Crippen LogP contribution in [0, 0.1) is 17.2 Å². The van der Waals surface area contributed by atoms with Crippen molar-refractivity contribution < 1.29 is 18.7 Å². The van der Waals surface area contributed by atoms with Gasteiger partial charge in [-0.15, -0.1) is 11.3 Å². The molecule has 0 fully saturated rings. The smallest absolute Gasteiger partial charge is 0.407 e. The Morgan fingerprint density at radius 3 is 3.03 bits per heavy atom. The number of pyridine rings is 1. The lowest BCUT2D eigenvalue weighted by Crippen LogP contribution is -2.27. The van der Waals surface area contributed by atoms with E-state index in [-0.39, 0.29) is 11.8 Å². The number of carbonyl (C=O) groups is 2. The van der Waals surface area contributed by atoms with Crippen LogP contribution in [0.4, 0.5) is 9.80 Å². The molecule has 33 heavy (non-hydrogen) atoms. The summed E-state index contributed by atoms with van der Waals surface area (Å²) in [5.74, 6) is 0.407. The van der Waals surface area contributed by atoms with E-state index in [0.717, 1.165) is 22.4 Å². The molecule has 4 rings (SSSR count). The van der Waals surface area contributed by atoms with E-state index >= 15 is 0 Å². The van der Waals surface area contributed by atoms with E-state index in [1.54, 1.807) is 30.6 Å². The number of ether oxygens (including phenoxy) is 1. The minimum atomic E-state index is -0.468. The summed E-state index contributed by atoms with van der Waals surface area (Å²) in [5, 5.41) is 15.7. The minimum absolute atomic E-state index is 0.161. The fourth-order valence-corrected chi connectivity index (χ4v) is 4.94. The van der Waals surface area contributed by atoms with Crippen LogP contribution in [0.15, 0.2) is 53.4 Å². The SMILES string of the molecule is N#Cc1c(NC(=O)C=Cc2ccco2)sc2c1CCC(COC(=O)NCc1cccnc1)C2. The lowest BCUT2D eigenvalue weighted by Gasteiger charge is -2.21. The number of nitrogens with zero attached hydrogens (tertiary/aromatic N) is 2. The van der Waals surface area contributed by atoms with Gasteiger partial charge in [-0.3, -0.25) is 9.78 Å². The molecule has 1 unspecified atom stereocenters. The van der Waals surface area contributed by atoms with Crippen LogP contribution in [0.2, 0.25) is 0 Å². The molecule has 1 aliphatic rings. The highest BCUT2D eigenvalue weighted by Crippen LogP contribution is 2.39. The van der Waals surface area contributed by atoms with Crippen molar-refractivity contribution in [1.82, 2.24) is 10.3 Å². The number of hydrogen-bond acceptors (Lipinski definition) is 7. The maximum atomic E-state index is 12.3. The van der Waals surface area contributed by atoms with E-state index in [4.69, 9.17) is 9.15 Å². The molecular formula is C24H22N4O4S. The molecule has 0 radical (unpaired) electrons. The first-order chi connectivity index (χ1) is 16.1. The zero-order valence-corrected chi connectivity index (χ0v) is 18.6. The highest BCUT2D eigenvalue weighted by molar-refractivity contribution is 7.16. The van der Waals surface area contributed by atoms with Crippen LogP contribution in [0.3, 0.4) is 0 Å².